The van der Waals surface area contributed by atoms with Gasteiger partial charge in [-0.2, -0.15) is 13.2 Å². The number of fused-ring (bicyclic) bond motifs is 1. The molecule has 0 radical (unpaired) electrons. The average Bonchev–Trinajstić information content (AvgIpc) is 2.60. The molecule has 1 aromatic heterocycles. The first-order valence-corrected chi connectivity index (χ1v) is 9.23. The van der Waals surface area contributed by atoms with Crippen LogP contribution in [-0.2, 0) is 22.7 Å². The van der Waals surface area contributed by atoms with Gasteiger partial charge in [0, 0.05) is 28.7 Å². The molecular formula is C17H12ClF3N2O2S. The molecule has 1 N–H and O–H groups in total. The summed E-state index contributed by atoms with van der Waals surface area (Å²) in [5.41, 5.74) is 0.119. The van der Waals surface area contributed by atoms with Gasteiger partial charge < -0.3 is 0 Å². The van der Waals surface area contributed by atoms with Crippen LogP contribution < -0.4 is 4.72 Å². The molecule has 0 amide bonds. The smallest absolute Gasteiger partial charge is 0.256 e. The number of aromatic nitrogens is 1. The number of nitrogens with zero attached hydrogens (tertiary/aromatic N) is 1. The van der Waals surface area contributed by atoms with Crippen LogP contribution >= 0.6 is 11.6 Å². The van der Waals surface area contributed by atoms with E-state index in [-0.39, 0.29) is 11.4 Å². The van der Waals surface area contributed by atoms with E-state index in [1.807, 2.05) is 6.07 Å². The van der Waals surface area contributed by atoms with Crippen molar-refractivity contribution in [2.75, 3.05) is 0 Å². The van der Waals surface area contributed by atoms with Gasteiger partial charge in [0.25, 0.3) is 0 Å². The lowest BCUT2D eigenvalue weighted by molar-refractivity contribution is -0.137. The summed E-state index contributed by atoms with van der Waals surface area (Å²) in [6.07, 6.45) is -2.97. The largest absolute Gasteiger partial charge is 0.416 e. The van der Waals surface area contributed by atoms with E-state index in [4.69, 9.17) is 11.6 Å². The third kappa shape index (κ3) is 3.82. The fourth-order valence-electron chi connectivity index (χ4n) is 2.42. The standard InChI is InChI=1S/C17H12ClF3N2O2S/c18-15-8-3-11-2-1-9-22-16(11)14(15)10-23-26(24,25)13-6-4-12(5-7-13)17(19,20)21/h1-9,23H,10H2. The summed E-state index contributed by atoms with van der Waals surface area (Å²) in [6.45, 7) is -0.142. The molecule has 0 bridgehead atoms. The van der Waals surface area contributed by atoms with E-state index in [1.165, 1.54) is 0 Å². The predicted molar refractivity (Wildman–Crippen MR) is 92.2 cm³/mol. The molecule has 0 saturated heterocycles. The summed E-state index contributed by atoms with van der Waals surface area (Å²) in [7, 11) is -4.01. The second-order valence-electron chi connectivity index (χ2n) is 5.45. The first-order valence-electron chi connectivity index (χ1n) is 7.37. The van der Waals surface area contributed by atoms with Crippen LogP contribution in [0.25, 0.3) is 10.9 Å². The van der Waals surface area contributed by atoms with E-state index in [1.54, 1.807) is 24.4 Å². The van der Waals surface area contributed by atoms with Gasteiger partial charge in [-0.15, -0.1) is 0 Å². The number of hydrogen-bond acceptors (Lipinski definition) is 3. The van der Waals surface area contributed by atoms with Crippen molar-refractivity contribution in [1.29, 1.82) is 0 Å². The lowest BCUT2D eigenvalue weighted by Crippen LogP contribution is -2.23. The summed E-state index contributed by atoms with van der Waals surface area (Å²) >= 11 is 6.15. The van der Waals surface area contributed by atoms with E-state index < -0.39 is 21.8 Å². The fourth-order valence-corrected chi connectivity index (χ4v) is 3.64. The van der Waals surface area contributed by atoms with Crippen molar-refractivity contribution in [3.63, 3.8) is 0 Å². The summed E-state index contributed by atoms with van der Waals surface area (Å²) in [6, 6.07) is 10.2. The minimum Gasteiger partial charge on any atom is -0.256 e. The van der Waals surface area contributed by atoms with E-state index in [9.17, 15) is 21.6 Å². The molecule has 0 aliphatic heterocycles. The Labute approximate surface area is 152 Å². The lowest BCUT2D eigenvalue weighted by atomic mass is 10.1. The van der Waals surface area contributed by atoms with Crippen LogP contribution in [0.3, 0.4) is 0 Å². The van der Waals surface area contributed by atoms with Crippen LogP contribution in [0, 0.1) is 0 Å². The minimum absolute atomic E-state index is 0.142. The van der Waals surface area contributed by atoms with Gasteiger partial charge in [-0.25, -0.2) is 13.1 Å². The van der Waals surface area contributed by atoms with Gasteiger partial charge in [0.2, 0.25) is 10.0 Å². The number of halogens is 4. The zero-order chi connectivity index (χ0) is 18.9. The minimum atomic E-state index is -4.53. The Balaban J connectivity index is 1.86. The molecule has 0 atom stereocenters. The van der Waals surface area contributed by atoms with Crippen LogP contribution in [-0.4, -0.2) is 13.4 Å². The number of sulfonamides is 1. The first kappa shape index (κ1) is 18.6. The molecule has 0 saturated carbocycles. The van der Waals surface area contributed by atoms with Crippen LogP contribution in [0.5, 0.6) is 0 Å². The van der Waals surface area contributed by atoms with Crippen molar-refractivity contribution in [2.24, 2.45) is 0 Å². The van der Waals surface area contributed by atoms with E-state index in [2.05, 4.69) is 9.71 Å². The number of nitrogens with one attached hydrogen (secondary N) is 1. The van der Waals surface area contributed by atoms with Crippen molar-refractivity contribution in [1.82, 2.24) is 9.71 Å². The number of pyridine rings is 1. The van der Waals surface area contributed by atoms with Crippen LogP contribution in [0.4, 0.5) is 13.2 Å². The van der Waals surface area contributed by atoms with Crippen LogP contribution in [0.2, 0.25) is 5.02 Å². The van der Waals surface area contributed by atoms with Crippen molar-refractivity contribution < 1.29 is 21.6 Å². The molecular weight excluding hydrogens is 389 g/mol. The zero-order valence-electron chi connectivity index (χ0n) is 13.1. The molecule has 0 aliphatic carbocycles. The molecule has 26 heavy (non-hydrogen) atoms. The summed E-state index contributed by atoms with van der Waals surface area (Å²) < 4.78 is 64.8. The first-order chi connectivity index (χ1) is 12.2. The Morgan fingerprint density at radius 1 is 1.04 bits per heavy atom. The van der Waals surface area contributed by atoms with Crippen molar-refractivity contribution >= 4 is 32.5 Å². The Morgan fingerprint density at radius 2 is 1.73 bits per heavy atom. The van der Waals surface area contributed by atoms with Gasteiger partial charge >= 0.3 is 6.18 Å². The van der Waals surface area contributed by atoms with Crippen molar-refractivity contribution in [3.05, 3.63) is 70.9 Å². The molecule has 0 fully saturated rings. The second-order valence-corrected chi connectivity index (χ2v) is 7.62. The molecule has 3 aromatic rings. The average molecular weight is 401 g/mol. The van der Waals surface area contributed by atoms with Crippen molar-refractivity contribution in [3.8, 4) is 0 Å². The third-order valence-electron chi connectivity index (χ3n) is 3.75. The van der Waals surface area contributed by atoms with Gasteiger partial charge in [0.1, 0.15) is 0 Å². The molecule has 0 aliphatic rings. The normalized spacial score (nSPS) is 12.5. The maximum atomic E-state index is 12.6. The lowest BCUT2D eigenvalue weighted by Gasteiger charge is -2.11. The molecule has 9 heteroatoms. The van der Waals surface area contributed by atoms with Crippen LogP contribution in [0.1, 0.15) is 11.1 Å². The number of alkyl halides is 3. The maximum absolute atomic E-state index is 12.6. The topological polar surface area (TPSA) is 59.1 Å². The number of benzene rings is 2. The van der Waals surface area contributed by atoms with Gasteiger partial charge in [0.05, 0.1) is 16.0 Å². The zero-order valence-corrected chi connectivity index (χ0v) is 14.7. The van der Waals surface area contributed by atoms with Crippen molar-refractivity contribution in [2.45, 2.75) is 17.6 Å². The molecule has 2 aromatic carbocycles. The van der Waals surface area contributed by atoms with Gasteiger partial charge in [-0.05, 0) is 36.4 Å². The SMILES string of the molecule is O=S(=O)(NCc1c(Cl)ccc2cccnc12)c1ccc(C(F)(F)F)cc1. The summed E-state index contributed by atoms with van der Waals surface area (Å²) in [5.74, 6) is 0. The number of rotatable bonds is 4. The molecule has 136 valence electrons. The molecule has 0 spiro atoms. The van der Waals surface area contributed by atoms with E-state index >= 15 is 0 Å². The Hall–Kier alpha value is -2.16. The highest BCUT2D eigenvalue weighted by Crippen LogP contribution is 2.30. The molecule has 3 rings (SSSR count). The maximum Gasteiger partial charge on any atom is 0.416 e. The quantitative estimate of drug-likeness (QED) is 0.706. The van der Waals surface area contributed by atoms with E-state index in [0.717, 1.165) is 29.7 Å². The highest BCUT2D eigenvalue weighted by molar-refractivity contribution is 7.89. The third-order valence-corrected chi connectivity index (χ3v) is 5.52. The van der Waals surface area contributed by atoms with Crippen LogP contribution in [0.15, 0.2) is 59.6 Å². The summed E-state index contributed by atoms with van der Waals surface area (Å²) in [4.78, 5) is 3.94. The monoisotopic (exact) mass is 400 g/mol. The predicted octanol–water partition coefficient (Wildman–Crippen LogP) is 4.39. The Bertz CT molecular complexity index is 1050. The Kier molecular flexibility index (Phi) is 4.92. The summed E-state index contributed by atoms with van der Waals surface area (Å²) in [5, 5.41) is 1.13. The Morgan fingerprint density at radius 3 is 2.38 bits per heavy atom. The highest BCUT2D eigenvalue weighted by atomic mass is 35.5. The number of hydrogen-bond donors (Lipinski definition) is 1. The highest BCUT2D eigenvalue weighted by Gasteiger charge is 2.30. The molecule has 0 unspecified atom stereocenters. The van der Waals surface area contributed by atoms with Gasteiger partial charge in [0.15, 0.2) is 0 Å². The van der Waals surface area contributed by atoms with Gasteiger partial charge in [-0.3, -0.25) is 4.98 Å². The van der Waals surface area contributed by atoms with E-state index in [0.29, 0.717) is 16.1 Å². The molecule has 4 nitrogen and oxygen atoms in total. The fraction of sp³-hybridized carbons (Fsp3) is 0.118. The molecule has 1 heterocycles. The second kappa shape index (κ2) is 6.86. The van der Waals surface area contributed by atoms with Gasteiger partial charge in [-0.1, -0.05) is 23.7 Å².